The predicted molar refractivity (Wildman–Crippen MR) is 119 cm³/mol. The normalized spacial score (nSPS) is 15.2. The number of hydrogen-bond donors (Lipinski definition) is 1. The van der Waals surface area contributed by atoms with Gasteiger partial charge in [0.1, 0.15) is 22.8 Å². The summed E-state index contributed by atoms with van der Waals surface area (Å²) in [6, 6.07) is 5.08. The average Bonchev–Trinajstić information content (AvgIpc) is 2.99. The first kappa shape index (κ1) is 21.5. The molecule has 1 aliphatic heterocycles. The van der Waals surface area contributed by atoms with Gasteiger partial charge in [-0.15, -0.1) is 0 Å². The first-order chi connectivity index (χ1) is 15.0. The molecule has 1 saturated heterocycles. The Morgan fingerprint density at radius 2 is 1.90 bits per heavy atom. The number of aryl methyl sites for hydroxylation is 1. The highest BCUT2D eigenvalue weighted by Crippen LogP contribution is 2.26. The molecule has 4 rings (SSSR count). The SMILES string of the molecule is COc1ccc(C)cc1S(=O)(=O)NCCn1ncc2c(N3CCCCCC3)ncnc21. The second-order valence-electron chi connectivity index (χ2n) is 7.76. The zero-order valence-electron chi connectivity index (χ0n) is 17.9. The van der Waals surface area contributed by atoms with E-state index in [9.17, 15) is 8.42 Å². The minimum Gasteiger partial charge on any atom is -0.495 e. The van der Waals surface area contributed by atoms with E-state index in [1.54, 1.807) is 29.3 Å². The smallest absolute Gasteiger partial charge is 0.244 e. The molecule has 9 nitrogen and oxygen atoms in total. The van der Waals surface area contributed by atoms with Crippen molar-refractivity contribution < 1.29 is 13.2 Å². The molecule has 2 aromatic heterocycles. The van der Waals surface area contributed by atoms with Gasteiger partial charge in [-0.1, -0.05) is 18.9 Å². The minimum atomic E-state index is -3.72. The maximum absolute atomic E-state index is 12.8. The van der Waals surface area contributed by atoms with Gasteiger partial charge in [0, 0.05) is 19.6 Å². The fourth-order valence-corrected chi connectivity index (χ4v) is 5.21. The van der Waals surface area contributed by atoms with Crippen molar-refractivity contribution >= 4 is 26.9 Å². The lowest BCUT2D eigenvalue weighted by molar-refractivity contribution is 0.402. The standard InChI is InChI=1S/C21H28N6O3S/c1-16-7-8-18(30-2)19(13-16)31(28,29)25-9-12-27-21-17(14-24-27)20(22-15-23-21)26-10-5-3-4-6-11-26/h7-8,13-15,25H,3-6,9-12H2,1-2H3. The Morgan fingerprint density at radius 1 is 1.13 bits per heavy atom. The Balaban J connectivity index is 1.50. The van der Waals surface area contributed by atoms with Crippen molar-refractivity contribution in [3.8, 4) is 5.75 Å². The Labute approximate surface area is 182 Å². The van der Waals surface area contributed by atoms with Gasteiger partial charge < -0.3 is 9.64 Å². The zero-order chi connectivity index (χ0) is 21.8. The maximum atomic E-state index is 12.8. The van der Waals surface area contributed by atoms with Crippen LogP contribution in [0.25, 0.3) is 11.0 Å². The highest BCUT2D eigenvalue weighted by molar-refractivity contribution is 7.89. The monoisotopic (exact) mass is 444 g/mol. The van der Waals surface area contributed by atoms with Crippen LogP contribution < -0.4 is 14.4 Å². The van der Waals surface area contributed by atoms with E-state index in [1.807, 2.05) is 13.0 Å². The molecule has 3 aromatic rings. The lowest BCUT2D eigenvalue weighted by Gasteiger charge is -2.21. The van der Waals surface area contributed by atoms with E-state index in [0.29, 0.717) is 17.9 Å². The van der Waals surface area contributed by atoms with Crippen molar-refractivity contribution in [1.29, 1.82) is 0 Å². The fraction of sp³-hybridized carbons (Fsp3) is 0.476. The topological polar surface area (TPSA) is 102 Å². The van der Waals surface area contributed by atoms with E-state index in [-0.39, 0.29) is 11.4 Å². The Hall–Kier alpha value is -2.72. The van der Waals surface area contributed by atoms with Crippen LogP contribution in [0.3, 0.4) is 0 Å². The Kier molecular flexibility index (Phi) is 6.38. The molecule has 31 heavy (non-hydrogen) atoms. The van der Waals surface area contributed by atoms with E-state index >= 15 is 0 Å². The number of methoxy groups -OCH3 is 1. The van der Waals surface area contributed by atoms with Crippen LogP contribution in [0, 0.1) is 6.92 Å². The third-order valence-corrected chi connectivity index (χ3v) is 7.02. The molecule has 0 unspecified atom stereocenters. The van der Waals surface area contributed by atoms with Crippen molar-refractivity contribution in [1.82, 2.24) is 24.5 Å². The van der Waals surface area contributed by atoms with Crippen LogP contribution in [0.15, 0.2) is 35.6 Å². The van der Waals surface area contributed by atoms with Crippen molar-refractivity contribution in [2.24, 2.45) is 0 Å². The largest absolute Gasteiger partial charge is 0.495 e. The molecule has 0 aliphatic carbocycles. The molecular weight excluding hydrogens is 416 g/mol. The Bertz CT molecular complexity index is 1150. The molecule has 1 fully saturated rings. The predicted octanol–water partition coefficient (Wildman–Crippen LogP) is 2.50. The maximum Gasteiger partial charge on any atom is 0.244 e. The van der Waals surface area contributed by atoms with Gasteiger partial charge in [0.15, 0.2) is 5.65 Å². The molecule has 3 heterocycles. The van der Waals surface area contributed by atoms with E-state index in [2.05, 4.69) is 24.7 Å². The van der Waals surface area contributed by atoms with E-state index in [1.165, 1.54) is 20.0 Å². The van der Waals surface area contributed by atoms with Crippen molar-refractivity contribution in [2.45, 2.75) is 44.0 Å². The summed E-state index contributed by atoms with van der Waals surface area (Å²) in [6.07, 6.45) is 8.13. The Morgan fingerprint density at radius 3 is 2.65 bits per heavy atom. The quantitative estimate of drug-likeness (QED) is 0.597. The van der Waals surface area contributed by atoms with Gasteiger partial charge in [-0.05, 0) is 37.5 Å². The summed E-state index contributed by atoms with van der Waals surface area (Å²) in [7, 11) is -2.26. The number of benzene rings is 1. The van der Waals surface area contributed by atoms with E-state index in [0.717, 1.165) is 42.7 Å². The summed E-state index contributed by atoms with van der Waals surface area (Å²) in [6.45, 7) is 4.34. The molecule has 10 heteroatoms. The van der Waals surface area contributed by atoms with Gasteiger partial charge in [-0.3, -0.25) is 0 Å². The summed E-state index contributed by atoms with van der Waals surface area (Å²) in [5.74, 6) is 1.22. The first-order valence-electron chi connectivity index (χ1n) is 10.6. The first-order valence-corrected chi connectivity index (χ1v) is 12.0. The third-order valence-electron chi connectivity index (χ3n) is 5.54. The lowest BCUT2D eigenvalue weighted by atomic mass is 10.2. The summed E-state index contributed by atoms with van der Waals surface area (Å²) in [5, 5.41) is 5.34. The molecule has 1 N–H and O–H groups in total. The zero-order valence-corrected chi connectivity index (χ0v) is 18.7. The molecule has 0 spiro atoms. The van der Waals surface area contributed by atoms with Gasteiger partial charge >= 0.3 is 0 Å². The number of ether oxygens (including phenoxy) is 1. The van der Waals surface area contributed by atoms with E-state index in [4.69, 9.17) is 4.74 Å². The van der Waals surface area contributed by atoms with Crippen LogP contribution in [0.4, 0.5) is 5.82 Å². The number of hydrogen-bond acceptors (Lipinski definition) is 7. The summed E-state index contributed by atoms with van der Waals surface area (Å²) >= 11 is 0. The van der Waals surface area contributed by atoms with Gasteiger partial charge in [-0.25, -0.2) is 27.8 Å². The van der Waals surface area contributed by atoms with Gasteiger partial charge in [0.2, 0.25) is 10.0 Å². The van der Waals surface area contributed by atoms with Gasteiger partial charge in [0.05, 0.1) is 25.2 Å². The van der Waals surface area contributed by atoms with Crippen molar-refractivity contribution in [2.75, 3.05) is 31.6 Å². The average molecular weight is 445 g/mol. The van der Waals surface area contributed by atoms with Crippen LogP contribution in [0.2, 0.25) is 0 Å². The summed E-state index contributed by atoms with van der Waals surface area (Å²) < 4.78 is 35.2. The van der Waals surface area contributed by atoms with Gasteiger partial charge in [-0.2, -0.15) is 5.10 Å². The highest BCUT2D eigenvalue weighted by Gasteiger charge is 2.20. The molecular formula is C21H28N6O3S. The third kappa shape index (κ3) is 4.64. The number of rotatable bonds is 7. The molecule has 0 bridgehead atoms. The number of nitrogens with zero attached hydrogens (tertiary/aromatic N) is 5. The van der Waals surface area contributed by atoms with Crippen LogP contribution in [-0.2, 0) is 16.6 Å². The van der Waals surface area contributed by atoms with Crippen LogP contribution in [0.1, 0.15) is 31.2 Å². The number of sulfonamides is 1. The van der Waals surface area contributed by atoms with Crippen LogP contribution >= 0.6 is 0 Å². The summed E-state index contributed by atoms with van der Waals surface area (Å²) in [5.41, 5.74) is 1.55. The number of aromatic nitrogens is 4. The minimum absolute atomic E-state index is 0.131. The van der Waals surface area contributed by atoms with Crippen LogP contribution in [-0.4, -0.2) is 54.9 Å². The summed E-state index contributed by atoms with van der Waals surface area (Å²) in [4.78, 5) is 11.3. The molecule has 1 aromatic carbocycles. The lowest BCUT2D eigenvalue weighted by Crippen LogP contribution is -2.28. The molecule has 166 valence electrons. The second-order valence-corrected chi connectivity index (χ2v) is 9.49. The number of fused-ring (bicyclic) bond motifs is 1. The van der Waals surface area contributed by atoms with Crippen LogP contribution in [0.5, 0.6) is 5.75 Å². The van der Waals surface area contributed by atoms with E-state index < -0.39 is 10.0 Å². The number of nitrogens with one attached hydrogen (secondary N) is 1. The van der Waals surface area contributed by atoms with Gasteiger partial charge in [0.25, 0.3) is 0 Å². The molecule has 0 atom stereocenters. The molecule has 0 saturated carbocycles. The van der Waals surface area contributed by atoms with Crippen molar-refractivity contribution in [3.05, 3.63) is 36.3 Å². The molecule has 0 amide bonds. The molecule has 1 aliphatic rings. The fourth-order valence-electron chi connectivity index (χ4n) is 3.94. The number of anilines is 1. The second kappa shape index (κ2) is 9.19. The van der Waals surface area contributed by atoms with Crippen molar-refractivity contribution in [3.63, 3.8) is 0 Å². The highest BCUT2D eigenvalue weighted by atomic mass is 32.2. The molecule has 0 radical (unpaired) electrons.